The second-order valence-corrected chi connectivity index (χ2v) is 5.52. The van der Waals surface area contributed by atoms with Gasteiger partial charge in [-0.1, -0.05) is 0 Å². The Bertz CT molecular complexity index is 974. The van der Waals surface area contributed by atoms with Crippen molar-refractivity contribution in [2.24, 2.45) is 5.73 Å². The van der Waals surface area contributed by atoms with Gasteiger partial charge >= 0.3 is 0 Å². The molecule has 3 rings (SSSR count). The molecule has 0 saturated heterocycles. The van der Waals surface area contributed by atoms with Gasteiger partial charge < -0.3 is 19.8 Å². The van der Waals surface area contributed by atoms with Crippen LogP contribution in [-0.4, -0.2) is 23.7 Å². The average Bonchev–Trinajstić information content (AvgIpc) is 3.00. The molecule has 0 unspecified atom stereocenters. The predicted octanol–water partition coefficient (Wildman–Crippen LogP) is 2.86. The molecule has 0 radical (unpaired) electrons. The lowest BCUT2D eigenvalue weighted by Crippen LogP contribution is -2.19. The van der Waals surface area contributed by atoms with Crippen molar-refractivity contribution in [1.82, 2.24) is 4.57 Å². The van der Waals surface area contributed by atoms with E-state index in [0.29, 0.717) is 23.7 Å². The number of nitrogens with zero attached hydrogens (tertiary/aromatic N) is 2. The molecule has 7 heteroatoms. The number of nitrogens with two attached hydrogens (primary N) is 1. The summed E-state index contributed by atoms with van der Waals surface area (Å²) in [4.78, 5) is 11.8. The summed E-state index contributed by atoms with van der Waals surface area (Å²) in [5.41, 5.74) is 6.57. The van der Waals surface area contributed by atoms with Crippen molar-refractivity contribution < 1.29 is 18.7 Å². The Balaban J connectivity index is 1.84. The number of carbonyl (C=O) groups excluding carboxylic acids is 1. The highest BCUT2D eigenvalue weighted by molar-refractivity contribution is 5.98. The average molecular weight is 353 g/mol. The lowest BCUT2D eigenvalue weighted by Gasteiger charge is -2.11. The number of fused-ring (bicyclic) bond motifs is 1. The van der Waals surface area contributed by atoms with E-state index in [4.69, 9.17) is 20.5 Å². The van der Waals surface area contributed by atoms with Crippen molar-refractivity contribution in [3.8, 4) is 17.6 Å². The zero-order valence-corrected chi connectivity index (χ0v) is 13.8. The van der Waals surface area contributed by atoms with Crippen LogP contribution in [0, 0.1) is 17.1 Å². The van der Waals surface area contributed by atoms with E-state index in [1.54, 1.807) is 28.8 Å². The highest BCUT2D eigenvalue weighted by Crippen LogP contribution is 2.25. The van der Waals surface area contributed by atoms with Gasteiger partial charge in [0, 0.05) is 11.5 Å². The smallest absolute Gasteiger partial charge is 0.265 e. The molecule has 0 spiro atoms. The Kier molecular flexibility index (Phi) is 5.04. The van der Waals surface area contributed by atoms with Crippen LogP contribution in [0.1, 0.15) is 10.5 Å². The molecule has 0 aliphatic rings. The van der Waals surface area contributed by atoms with Gasteiger partial charge in [0.1, 0.15) is 35.7 Å². The van der Waals surface area contributed by atoms with Gasteiger partial charge in [0.2, 0.25) is 0 Å². The SMILES string of the molecule is N#CCOc1ccc2cc(C(N)=O)n(CCOc3ccc(F)cc3)c2c1. The minimum atomic E-state index is -0.553. The molecular formula is C19H16FN3O3. The fraction of sp³-hybridized carbons (Fsp3) is 0.158. The van der Waals surface area contributed by atoms with Crippen LogP contribution >= 0.6 is 0 Å². The minimum Gasteiger partial charge on any atom is -0.492 e. The van der Waals surface area contributed by atoms with E-state index in [0.717, 1.165) is 10.9 Å². The van der Waals surface area contributed by atoms with Gasteiger partial charge in [-0.3, -0.25) is 4.79 Å². The van der Waals surface area contributed by atoms with Crippen LogP contribution in [0.5, 0.6) is 11.5 Å². The van der Waals surface area contributed by atoms with Crippen LogP contribution in [0.3, 0.4) is 0 Å². The first-order valence-electron chi connectivity index (χ1n) is 7.89. The van der Waals surface area contributed by atoms with E-state index in [-0.39, 0.29) is 19.0 Å². The number of nitriles is 1. The van der Waals surface area contributed by atoms with Crippen LogP contribution < -0.4 is 15.2 Å². The number of hydrogen-bond donors (Lipinski definition) is 1. The molecule has 0 bridgehead atoms. The summed E-state index contributed by atoms with van der Waals surface area (Å²) in [6, 6.07) is 14.6. The Morgan fingerprint density at radius 3 is 2.54 bits per heavy atom. The fourth-order valence-corrected chi connectivity index (χ4v) is 2.67. The molecule has 1 heterocycles. The van der Waals surface area contributed by atoms with E-state index in [2.05, 4.69) is 0 Å². The van der Waals surface area contributed by atoms with Gasteiger partial charge in [-0.2, -0.15) is 5.26 Å². The zero-order valence-electron chi connectivity index (χ0n) is 13.8. The number of aromatic nitrogens is 1. The van der Waals surface area contributed by atoms with Crippen molar-refractivity contribution in [3.63, 3.8) is 0 Å². The fourth-order valence-electron chi connectivity index (χ4n) is 2.67. The normalized spacial score (nSPS) is 10.5. The number of halogens is 1. The molecule has 26 heavy (non-hydrogen) atoms. The van der Waals surface area contributed by atoms with Crippen LogP contribution in [0.15, 0.2) is 48.5 Å². The van der Waals surface area contributed by atoms with E-state index < -0.39 is 5.91 Å². The first kappa shape index (κ1) is 17.3. The second kappa shape index (κ2) is 7.57. The van der Waals surface area contributed by atoms with Crippen LogP contribution in [-0.2, 0) is 6.54 Å². The number of carbonyl (C=O) groups is 1. The number of primary amides is 1. The van der Waals surface area contributed by atoms with Gasteiger partial charge in [-0.05, 0) is 42.5 Å². The summed E-state index contributed by atoms with van der Waals surface area (Å²) in [5, 5.41) is 9.46. The predicted molar refractivity (Wildman–Crippen MR) is 93.5 cm³/mol. The van der Waals surface area contributed by atoms with Crippen molar-refractivity contribution >= 4 is 16.8 Å². The molecule has 0 aliphatic carbocycles. The van der Waals surface area contributed by atoms with Gasteiger partial charge in [0.15, 0.2) is 6.61 Å². The standard InChI is InChI=1S/C19H16FN3O3/c20-14-2-5-15(6-3-14)26-10-8-23-17-12-16(25-9-7-21)4-1-13(17)11-18(23)19(22)24/h1-6,11-12H,8-10H2,(H2,22,24). The van der Waals surface area contributed by atoms with Gasteiger partial charge in [0.05, 0.1) is 12.1 Å². The maximum atomic E-state index is 12.9. The quantitative estimate of drug-likeness (QED) is 0.707. The summed E-state index contributed by atoms with van der Waals surface area (Å²) >= 11 is 0. The van der Waals surface area contributed by atoms with E-state index in [9.17, 15) is 9.18 Å². The maximum Gasteiger partial charge on any atom is 0.265 e. The Labute approximate surface area is 149 Å². The lowest BCUT2D eigenvalue weighted by atomic mass is 10.2. The molecule has 0 atom stereocenters. The molecule has 0 saturated carbocycles. The van der Waals surface area contributed by atoms with Crippen molar-refractivity contribution in [1.29, 1.82) is 5.26 Å². The first-order chi connectivity index (χ1) is 12.6. The Morgan fingerprint density at radius 2 is 1.85 bits per heavy atom. The first-order valence-corrected chi connectivity index (χ1v) is 7.89. The van der Waals surface area contributed by atoms with Crippen LogP contribution in [0.4, 0.5) is 4.39 Å². The van der Waals surface area contributed by atoms with Crippen molar-refractivity contribution in [3.05, 3.63) is 60.0 Å². The second-order valence-electron chi connectivity index (χ2n) is 5.52. The number of hydrogen-bond acceptors (Lipinski definition) is 4. The third-order valence-electron chi connectivity index (χ3n) is 3.83. The Hall–Kier alpha value is -3.53. The molecule has 0 aliphatic heterocycles. The van der Waals surface area contributed by atoms with E-state index in [1.807, 2.05) is 6.07 Å². The van der Waals surface area contributed by atoms with E-state index in [1.165, 1.54) is 24.3 Å². The number of amides is 1. The summed E-state index contributed by atoms with van der Waals surface area (Å²) < 4.78 is 25.6. The molecule has 6 nitrogen and oxygen atoms in total. The molecule has 1 aromatic heterocycles. The summed E-state index contributed by atoms with van der Waals surface area (Å²) in [5.74, 6) is 0.160. The molecule has 132 valence electrons. The van der Waals surface area contributed by atoms with Gasteiger partial charge in [-0.25, -0.2) is 4.39 Å². The van der Waals surface area contributed by atoms with E-state index >= 15 is 0 Å². The minimum absolute atomic E-state index is 0.0669. The molecular weight excluding hydrogens is 337 g/mol. The van der Waals surface area contributed by atoms with Gasteiger partial charge in [0.25, 0.3) is 5.91 Å². The number of rotatable bonds is 7. The Morgan fingerprint density at radius 1 is 1.12 bits per heavy atom. The van der Waals surface area contributed by atoms with Crippen molar-refractivity contribution in [2.45, 2.75) is 6.54 Å². The number of ether oxygens (including phenoxy) is 2. The highest BCUT2D eigenvalue weighted by atomic mass is 19.1. The molecule has 1 amide bonds. The monoisotopic (exact) mass is 353 g/mol. The molecule has 3 aromatic rings. The maximum absolute atomic E-state index is 12.9. The zero-order chi connectivity index (χ0) is 18.5. The third-order valence-corrected chi connectivity index (χ3v) is 3.83. The summed E-state index contributed by atoms with van der Waals surface area (Å²) in [7, 11) is 0. The van der Waals surface area contributed by atoms with Crippen LogP contribution in [0.25, 0.3) is 10.9 Å². The summed E-state index contributed by atoms with van der Waals surface area (Å²) in [6.45, 7) is 0.558. The molecule has 2 aromatic carbocycles. The van der Waals surface area contributed by atoms with Gasteiger partial charge in [-0.15, -0.1) is 0 Å². The lowest BCUT2D eigenvalue weighted by molar-refractivity contribution is 0.0991. The third kappa shape index (κ3) is 3.75. The molecule has 0 fully saturated rings. The summed E-state index contributed by atoms with van der Waals surface area (Å²) in [6.07, 6.45) is 0. The van der Waals surface area contributed by atoms with Crippen molar-refractivity contribution in [2.75, 3.05) is 13.2 Å². The molecule has 2 N–H and O–H groups in total. The highest BCUT2D eigenvalue weighted by Gasteiger charge is 2.14. The topological polar surface area (TPSA) is 90.3 Å². The number of benzene rings is 2. The van der Waals surface area contributed by atoms with Crippen LogP contribution in [0.2, 0.25) is 0 Å². The largest absolute Gasteiger partial charge is 0.492 e.